The van der Waals surface area contributed by atoms with Crippen LogP contribution in [0.4, 0.5) is 5.82 Å². The van der Waals surface area contributed by atoms with Crippen molar-refractivity contribution in [1.29, 1.82) is 0 Å². The van der Waals surface area contributed by atoms with Crippen LogP contribution in [0, 0.1) is 0 Å². The standard InChI is InChI=1S/C12H21N3O4S/c1-4-13-12-6-5-11(7-14-12)20(17,18)15(2)8-10(16)9-19-3/h5-7,10,16H,4,8-9H2,1-3H3,(H,13,14). The number of aliphatic hydroxyl groups excluding tert-OH is 1. The monoisotopic (exact) mass is 303 g/mol. The number of sulfonamides is 1. The Bertz CT molecular complexity index is 504. The number of ether oxygens (including phenoxy) is 1. The predicted octanol–water partition coefficient (Wildman–Crippen LogP) is 0.141. The fourth-order valence-corrected chi connectivity index (χ4v) is 2.79. The van der Waals surface area contributed by atoms with Crippen molar-refractivity contribution >= 4 is 15.8 Å². The average molecular weight is 303 g/mol. The first-order valence-corrected chi connectivity index (χ1v) is 7.69. The summed E-state index contributed by atoms with van der Waals surface area (Å²) >= 11 is 0. The van der Waals surface area contributed by atoms with Gasteiger partial charge in [0.25, 0.3) is 0 Å². The molecule has 1 aromatic heterocycles. The van der Waals surface area contributed by atoms with Crippen molar-refractivity contribution in [1.82, 2.24) is 9.29 Å². The summed E-state index contributed by atoms with van der Waals surface area (Å²) in [5, 5.41) is 12.6. The molecular formula is C12H21N3O4S. The van der Waals surface area contributed by atoms with E-state index in [9.17, 15) is 13.5 Å². The van der Waals surface area contributed by atoms with E-state index in [4.69, 9.17) is 4.74 Å². The molecular weight excluding hydrogens is 282 g/mol. The molecule has 8 heteroatoms. The summed E-state index contributed by atoms with van der Waals surface area (Å²) in [5.74, 6) is 0.619. The van der Waals surface area contributed by atoms with Gasteiger partial charge in [-0.15, -0.1) is 0 Å². The van der Waals surface area contributed by atoms with Gasteiger partial charge in [0.1, 0.15) is 10.7 Å². The first-order valence-electron chi connectivity index (χ1n) is 6.25. The van der Waals surface area contributed by atoms with Gasteiger partial charge in [-0.05, 0) is 19.1 Å². The molecule has 1 atom stereocenters. The van der Waals surface area contributed by atoms with Crippen LogP contribution >= 0.6 is 0 Å². The van der Waals surface area contributed by atoms with Gasteiger partial charge in [-0.25, -0.2) is 13.4 Å². The minimum Gasteiger partial charge on any atom is -0.389 e. The minimum atomic E-state index is -3.66. The van der Waals surface area contributed by atoms with Crippen molar-refractivity contribution in [3.63, 3.8) is 0 Å². The summed E-state index contributed by atoms with van der Waals surface area (Å²) < 4.78 is 30.4. The molecule has 0 fully saturated rings. The number of hydrogen-bond donors (Lipinski definition) is 2. The van der Waals surface area contributed by atoms with Gasteiger partial charge in [0, 0.05) is 33.4 Å². The number of likely N-dealkylation sites (N-methyl/N-ethyl adjacent to an activating group) is 1. The molecule has 114 valence electrons. The number of hydrogen-bond acceptors (Lipinski definition) is 6. The summed E-state index contributed by atoms with van der Waals surface area (Å²) in [6, 6.07) is 3.09. The van der Waals surface area contributed by atoms with Crippen LogP contribution in [-0.4, -0.2) is 62.8 Å². The zero-order valence-electron chi connectivity index (χ0n) is 11.9. The second-order valence-electron chi connectivity index (χ2n) is 4.30. The van der Waals surface area contributed by atoms with E-state index in [2.05, 4.69) is 10.3 Å². The number of nitrogens with one attached hydrogen (secondary N) is 1. The summed E-state index contributed by atoms with van der Waals surface area (Å²) in [7, 11) is -0.802. The molecule has 20 heavy (non-hydrogen) atoms. The van der Waals surface area contributed by atoms with Crippen molar-refractivity contribution in [2.24, 2.45) is 0 Å². The van der Waals surface area contributed by atoms with Gasteiger partial charge >= 0.3 is 0 Å². The molecule has 0 aliphatic rings. The minimum absolute atomic E-state index is 0.0366. The van der Waals surface area contributed by atoms with Gasteiger partial charge in [0.2, 0.25) is 10.0 Å². The molecule has 0 radical (unpaired) electrons. The molecule has 0 aromatic carbocycles. The molecule has 0 aliphatic heterocycles. The van der Waals surface area contributed by atoms with Crippen molar-refractivity contribution < 1.29 is 18.3 Å². The molecule has 0 saturated carbocycles. The lowest BCUT2D eigenvalue weighted by atomic mass is 10.4. The largest absolute Gasteiger partial charge is 0.389 e. The first kappa shape index (κ1) is 16.8. The third-order valence-corrected chi connectivity index (χ3v) is 4.44. The maximum absolute atomic E-state index is 12.3. The third-order valence-electron chi connectivity index (χ3n) is 2.63. The fourth-order valence-electron chi connectivity index (χ4n) is 1.64. The van der Waals surface area contributed by atoms with Crippen molar-refractivity contribution in [3.05, 3.63) is 18.3 Å². The van der Waals surface area contributed by atoms with Crippen LogP contribution in [0.1, 0.15) is 6.92 Å². The zero-order valence-corrected chi connectivity index (χ0v) is 12.7. The Kier molecular flexibility index (Phi) is 6.34. The van der Waals surface area contributed by atoms with Crippen molar-refractivity contribution in [3.8, 4) is 0 Å². The average Bonchev–Trinajstić information content (AvgIpc) is 2.40. The van der Waals surface area contributed by atoms with Crippen molar-refractivity contribution in [2.45, 2.75) is 17.9 Å². The number of rotatable bonds is 8. The first-order chi connectivity index (χ1) is 9.41. The Hall–Kier alpha value is -1.22. The lowest BCUT2D eigenvalue weighted by Crippen LogP contribution is -2.36. The number of methoxy groups -OCH3 is 1. The number of aliphatic hydroxyl groups is 1. The molecule has 0 bridgehead atoms. The Morgan fingerprint density at radius 2 is 2.20 bits per heavy atom. The molecule has 1 heterocycles. The van der Waals surface area contributed by atoms with Gasteiger partial charge in [-0.2, -0.15) is 4.31 Å². The lowest BCUT2D eigenvalue weighted by molar-refractivity contribution is 0.0554. The fraction of sp³-hybridized carbons (Fsp3) is 0.583. The second-order valence-corrected chi connectivity index (χ2v) is 6.35. The van der Waals surface area contributed by atoms with E-state index in [0.717, 1.165) is 4.31 Å². The number of anilines is 1. The van der Waals surface area contributed by atoms with E-state index in [1.165, 1.54) is 26.4 Å². The van der Waals surface area contributed by atoms with Crippen LogP contribution in [0.2, 0.25) is 0 Å². The molecule has 0 saturated heterocycles. The summed E-state index contributed by atoms with van der Waals surface area (Å²) in [5.41, 5.74) is 0. The Morgan fingerprint density at radius 3 is 2.70 bits per heavy atom. The van der Waals surface area contributed by atoms with E-state index in [-0.39, 0.29) is 18.0 Å². The Morgan fingerprint density at radius 1 is 1.50 bits per heavy atom. The number of aromatic nitrogens is 1. The number of pyridine rings is 1. The Balaban J connectivity index is 2.81. The van der Waals surface area contributed by atoms with Crippen LogP contribution < -0.4 is 5.32 Å². The molecule has 0 amide bonds. The topological polar surface area (TPSA) is 91.8 Å². The third kappa shape index (κ3) is 4.41. The highest BCUT2D eigenvalue weighted by Crippen LogP contribution is 2.15. The normalized spacial score (nSPS) is 13.4. The molecule has 1 rings (SSSR count). The maximum atomic E-state index is 12.3. The highest BCUT2D eigenvalue weighted by molar-refractivity contribution is 7.89. The highest BCUT2D eigenvalue weighted by atomic mass is 32.2. The quantitative estimate of drug-likeness (QED) is 0.710. The van der Waals surface area contributed by atoms with Crippen molar-refractivity contribution in [2.75, 3.05) is 39.2 Å². The van der Waals surface area contributed by atoms with E-state index in [1.54, 1.807) is 6.07 Å². The van der Waals surface area contributed by atoms with E-state index in [0.29, 0.717) is 12.4 Å². The van der Waals surface area contributed by atoms with E-state index >= 15 is 0 Å². The second kappa shape index (κ2) is 7.53. The van der Waals surface area contributed by atoms with Crippen LogP contribution in [0.15, 0.2) is 23.2 Å². The van der Waals surface area contributed by atoms with Gasteiger partial charge in [0.05, 0.1) is 12.7 Å². The number of nitrogens with zero attached hydrogens (tertiary/aromatic N) is 2. The lowest BCUT2D eigenvalue weighted by Gasteiger charge is -2.20. The molecule has 7 nitrogen and oxygen atoms in total. The zero-order chi connectivity index (χ0) is 15.2. The van der Waals surface area contributed by atoms with E-state index in [1.807, 2.05) is 6.92 Å². The summed E-state index contributed by atoms with van der Waals surface area (Å²) in [4.78, 5) is 4.12. The molecule has 1 aromatic rings. The van der Waals surface area contributed by atoms with Gasteiger partial charge in [0.15, 0.2) is 0 Å². The highest BCUT2D eigenvalue weighted by Gasteiger charge is 2.23. The van der Waals surface area contributed by atoms with Gasteiger partial charge in [-0.1, -0.05) is 0 Å². The molecule has 0 spiro atoms. The van der Waals surface area contributed by atoms with Crippen LogP contribution in [0.3, 0.4) is 0 Å². The summed E-state index contributed by atoms with van der Waals surface area (Å²) in [6.45, 7) is 2.68. The maximum Gasteiger partial charge on any atom is 0.244 e. The molecule has 0 aliphatic carbocycles. The van der Waals surface area contributed by atoms with Gasteiger partial charge < -0.3 is 15.2 Å². The van der Waals surface area contributed by atoms with Crippen LogP contribution in [-0.2, 0) is 14.8 Å². The molecule has 1 unspecified atom stereocenters. The SMILES string of the molecule is CCNc1ccc(S(=O)(=O)N(C)CC(O)COC)cn1. The summed E-state index contributed by atoms with van der Waals surface area (Å²) in [6.07, 6.45) is 0.431. The van der Waals surface area contributed by atoms with E-state index < -0.39 is 16.1 Å². The molecule has 2 N–H and O–H groups in total. The predicted molar refractivity (Wildman–Crippen MR) is 76.1 cm³/mol. The van der Waals surface area contributed by atoms with Crippen LogP contribution in [0.5, 0.6) is 0 Å². The Labute approximate surface area is 119 Å². The van der Waals surface area contributed by atoms with Gasteiger partial charge in [-0.3, -0.25) is 0 Å². The smallest absolute Gasteiger partial charge is 0.244 e. The van der Waals surface area contributed by atoms with Crippen LogP contribution in [0.25, 0.3) is 0 Å².